The molecule has 0 spiro atoms. The summed E-state index contributed by atoms with van der Waals surface area (Å²) in [4.78, 5) is 0. The van der Waals surface area contributed by atoms with Gasteiger partial charge in [0.25, 0.3) is 0 Å². The minimum atomic E-state index is -0.479. The second-order valence-corrected chi connectivity index (χ2v) is 6.51. The molecule has 0 radical (unpaired) electrons. The van der Waals surface area contributed by atoms with Gasteiger partial charge in [-0.25, -0.2) is 0 Å². The van der Waals surface area contributed by atoms with E-state index in [1.165, 1.54) is 12.0 Å². The van der Waals surface area contributed by atoms with Crippen molar-refractivity contribution in [2.75, 3.05) is 13.2 Å². The average molecular weight is 293 g/mol. The van der Waals surface area contributed by atoms with Crippen LogP contribution in [0.5, 0.6) is 5.75 Å². The van der Waals surface area contributed by atoms with Crippen LogP contribution in [0.2, 0.25) is 0 Å². The summed E-state index contributed by atoms with van der Waals surface area (Å²) in [5.41, 5.74) is 2.33. The number of ether oxygens (including phenoxy) is 1. The van der Waals surface area contributed by atoms with Crippen LogP contribution in [0.1, 0.15) is 44.7 Å². The zero-order chi connectivity index (χ0) is 15.8. The van der Waals surface area contributed by atoms with Gasteiger partial charge in [-0.15, -0.1) is 0 Å². The molecule has 0 saturated heterocycles. The zero-order valence-electron chi connectivity index (χ0n) is 14.1. The Morgan fingerprint density at radius 2 is 1.86 bits per heavy atom. The van der Waals surface area contributed by atoms with Crippen molar-refractivity contribution in [3.8, 4) is 5.75 Å². The Hall–Kier alpha value is -1.06. The molecule has 1 aromatic rings. The fourth-order valence-corrected chi connectivity index (χ4v) is 2.23. The minimum Gasteiger partial charge on any atom is -0.491 e. The van der Waals surface area contributed by atoms with E-state index in [4.69, 9.17) is 4.74 Å². The van der Waals surface area contributed by atoms with Crippen LogP contribution in [-0.4, -0.2) is 30.4 Å². The minimum absolute atomic E-state index is 0.327. The van der Waals surface area contributed by atoms with E-state index in [-0.39, 0.29) is 0 Å². The topological polar surface area (TPSA) is 41.5 Å². The lowest BCUT2D eigenvalue weighted by Crippen LogP contribution is -2.36. The maximum absolute atomic E-state index is 9.99. The molecule has 3 heteroatoms. The van der Waals surface area contributed by atoms with Crippen LogP contribution in [0.15, 0.2) is 18.2 Å². The molecule has 0 bridgehead atoms. The fraction of sp³-hybridized carbons (Fsp3) is 0.667. The van der Waals surface area contributed by atoms with Crippen LogP contribution in [-0.2, 0) is 0 Å². The molecular weight excluding hydrogens is 262 g/mol. The van der Waals surface area contributed by atoms with Gasteiger partial charge >= 0.3 is 0 Å². The van der Waals surface area contributed by atoms with E-state index in [1.54, 1.807) is 0 Å². The van der Waals surface area contributed by atoms with E-state index in [0.717, 1.165) is 23.7 Å². The molecule has 0 amide bonds. The van der Waals surface area contributed by atoms with Gasteiger partial charge in [-0.1, -0.05) is 31.5 Å². The quantitative estimate of drug-likeness (QED) is 0.732. The monoisotopic (exact) mass is 293 g/mol. The normalized spacial score (nSPS) is 14.2. The molecule has 0 fully saturated rings. The van der Waals surface area contributed by atoms with Crippen LogP contribution in [0, 0.1) is 19.8 Å². The standard InChI is InChI=1S/C18H31NO2/c1-13(2)6-8-16(5)19-11-17(20)12-21-18-9-7-14(3)10-15(18)4/h7,9-10,13,16-17,19-20H,6,8,11-12H2,1-5H3. The van der Waals surface area contributed by atoms with E-state index >= 15 is 0 Å². The molecule has 0 saturated carbocycles. The van der Waals surface area contributed by atoms with Gasteiger partial charge in [0.05, 0.1) is 0 Å². The van der Waals surface area contributed by atoms with Crippen molar-refractivity contribution in [3.05, 3.63) is 29.3 Å². The highest BCUT2D eigenvalue weighted by Crippen LogP contribution is 2.18. The molecule has 0 aliphatic carbocycles. The Balaban J connectivity index is 2.26. The summed E-state index contributed by atoms with van der Waals surface area (Å²) in [6, 6.07) is 6.52. The molecule has 1 rings (SSSR count). The average Bonchev–Trinajstić information content (AvgIpc) is 2.41. The molecule has 0 aliphatic heterocycles. The first-order valence-electron chi connectivity index (χ1n) is 8.00. The van der Waals surface area contributed by atoms with Crippen molar-refractivity contribution in [2.24, 2.45) is 5.92 Å². The van der Waals surface area contributed by atoms with Gasteiger partial charge in [0.15, 0.2) is 0 Å². The molecule has 120 valence electrons. The summed E-state index contributed by atoms with van der Waals surface area (Å²) >= 11 is 0. The first-order valence-corrected chi connectivity index (χ1v) is 8.00. The van der Waals surface area contributed by atoms with Crippen LogP contribution < -0.4 is 10.1 Å². The second kappa shape index (κ2) is 9.06. The van der Waals surface area contributed by atoms with E-state index < -0.39 is 6.10 Å². The Morgan fingerprint density at radius 3 is 2.48 bits per heavy atom. The first-order chi connectivity index (χ1) is 9.88. The van der Waals surface area contributed by atoms with E-state index in [1.807, 2.05) is 19.1 Å². The molecule has 0 aromatic heterocycles. The Morgan fingerprint density at radius 1 is 1.14 bits per heavy atom. The van der Waals surface area contributed by atoms with Crippen LogP contribution in [0.25, 0.3) is 0 Å². The van der Waals surface area contributed by atoms with Crippen molar-refractivity contribution in [3.63, 3.8) is 0 Å². The number of nitrogens with one attached hydrogen (secondary N) is 1. The highest BCUT2D eigenvalue weighted by Gasteiger charge is 2.09. The van der Waals surface area contributed by atoms with Gasteiger partial charge in [-0.05, 0) is 51.2 Å². The lowest BCUT2D eigenvalue weighted by atomic mass is 10.0. The Bertz CT molecular complexity index is 418. The smallest absolute Gasteiger partial charge is 0.122 e. The van der Waals surface area contributed by atoms with Crippen molar-refractivity contribution in [1.29, 1.82) is 0 Å². The highest BCUT2D eigenvalue weighted by molar-refractivity contribution is 5.35. The summed E-state index contributed by atoms with van der Waals surface area (Å²) < 4.78 is 5.69. The largest absolute Gasteiger partial charge is 0.491 e. The first kappa shape index (κ1) is 18.0. The number of hydrogen-bond acceptors (Lipinski definition) is 3. The summed E-state index contributed by atoms with van der Waals surface area (Å²) in [5, 5.41) is 13.4. The Kier molecular flexibility index (Phi) is 7.76. The molecular formula is C18H31NO2. The Labute approximate surface area is 129 Å². The molecule has 2 N–H and O–H groups in total. The summed E-state index contributed by atoms with van der Waals surface area (Å²) in [6.07, 6.45) is 1.87. The SMILES string of the molecule is Cc1ccc(OCC(O)CNC(C)CCC(C)C)c(C)c1. The number of rotatable bonds is 9. The van der Waals surface area contributed by atoms with Gasteiger partial charge in [0.1, 0.15) is 18.5 Å². The molecule has 2 atom stereocenters. The molecule has 0 aliphatic rings. The van der Waals surface area contributed by atoms with Gasteiger partial charge in [0.2, 0.25) is 0 Å². The van der Waals surface area contributed by atoms with E-state index in [9.17, 15) is 5.11 Å². The van der Waals surface area contributed by atoms with E-state index in [0.29, 0.717) is 19.2 Å². The molecule has 21 heavy (non-hydrogen) atoms. The predicted molar refractivity (Wildman–Crippen MR) is 89.0 cm³/mol. The highest BCUT2D eigenvalue weighted by atomic mass is 16.5. The van der Waals surface area contributed by atoms with Gasteiger partial charge in [0, 0.05) is 12.6 Å². The van der Waals surface area contributed by atoms with Crippen molar-refractivity contribution in [1.82, 2.24) is 5.32 Å². The summed E-state index contributed by atoms with van der Waals surface area (Å²) in [7, 11) is 0. The molecule has 2 unspecified atom stereocenters. The van der Waals surface area contributed by atoms with Crippen molar-refractivity contribution in [2.45, 2.75) is 59.6 Å². The van der Waals surface area contributed by atoms with Gasteiger partial charge in [-0.3, -0.25) is 0 Å². The molecule has 0 heterocycles. The summed E-state index contributed by atoms with van der Waals surface area (Å²) in [5.74, 6) is 1.58. The van der Waals surface area contributed by atoms with Gasteiger partial charge in [-0.2, -0.15) is 0 Å². The van der Waals surface area contributed by atoms with Crippen LogP contribution >= 0.6 is 0 Å². The van der Waals surface area contributed by atoms with Crippen molar-refractivity contribution >= 4 is 0 Å². The predicted octanol–water partition coefficient (Wildman–Crippen LogP) is 3.46. The zero-order valence-corrected chi connectivity index (χ0v) is 14.1. The second-order valence-electron chi connectivity index (χ2n) is 6.51. The summed E-state index contributed by atoms with van der Waals surface area (Å²) in [6.45, 7) is 11.6. The number of benzene rings is 1. The number of aliphatic hydroxyl groups excluding tert-OH is 1. The third kappa shape index (κ3) is 7.49. The lowest BCUT2D eigenvalue weighted by Gasteiger charge is -2.19. The number of aryl methyl sites for hydroxylation is 2. The fourth-order valence-electron chi connectivity index (χ4n) is 2.23. The molecule has 1 aromatic carbocycles. The van der Waals surface area contributed by atoms with Crippen LogP contribution in [0.4, 0.5) is 0 Å². The third-order valence-electron chi connectivity index (χ3n) is 3.64. The van der Waals surface area contributed by atoms with Crippen LogP contribution in [0.3, 0.4) is 0 Å². The molecule has 3 nitrogen and oxygen atoms in total. The third-order valence-corrected chi connectivity index (χ3v) is 3.64. The van der Waals surface area contributed by atoms with E-state index in [2.05, 4.69) is 39.1 Å². The van der Waals surface area contributed by atoms with Gasteiger partial charge < -0.3 is 15.2 Å². The number of hydrogen-bond donors (Lipinski definition) is 2. The maximum atomic E-state index is 9.99. The number of aliphatic hydroxyl groups is 1. The maximum Gasteiger partial charge on any atom is 0.122 e. The van der Waals surface area contributed by atoms with Crippen molar-refractivity contribution < 1.29 is 9.84 Å². The lowest BCUT2D eigenvalue weighted by molar-refractivity contribution is 0.103.